The molecule has 1 aliphatic carbocycles. The van der Waals surface area contributed by atoms with Crippen LogP contribution in [0.2, 0.25) is 0 Å². The van der Waals surface area contributed by atoms with E-state index in [9.17, 15) is 14.7 Å². The smallest absolute Gasteiger partial charge is 0.326 e. The highest BCUT2D eigenvalue weighted by atomic mass is 16.5. The number of carboxylic acids is 1. The Labute approximate surface area is 101 Å². The highest BCUT2D eigenvalue weighted by Crippen LogP contribution is 2.42. The zero-order valence-electron chi connectivity index (χ0n) is 10.1. The number of amides is 1. The second-order valence-corrected chi connectivity index (χ2v) is 4.82. The first-order valence-electron chi connectivity index (χ1n) is 6.25. The Bertz CT molecular complexity index is 318. The van der Waals surface area contributed by atoms with Gasteiger partial charge in [0.15, 0.2) is 0 Å². The number of ether oxygens (including phenoxy) is 1. The average Bonchev–Trinajstić information content (AvgIpc) is 2.83. The molecule has 1 N–H and O–H groups in total. The van der Waals surface area contributed by atoms with Gasteiger partial charge < -0.3 is 14.7 Å². The number of carbonyl (C=O) groups excluding carboxylic acids is 1. The third kappa shape index (κ3) is 2.29. The van der Waals surface area contributed by atoms with Crippen molar-refractivity contribution in [2.75, 3.05) is 19.8 Å². The van der Waals surface area contributed by atoms with Crippen LogP contribution in [0.1, 0.15) is 26.2 Å². The fourth-order valence-electron chi connectivity index (χ4n) is 3.15. The summed E-state index contributed by atoms with van der Waals surface area (Å²) in [6.45, 7) is 2.89. The Hall–Kier alpha value is -1.10. The summed E-state index contributed by atoms with van der Waals surface area (Å²) in [6, 6.07) is -0.629. The maximum Gasteiger partial charge on any atom is 0.326 e. The number of aliphatic carboxylic acids is 1. The molecule has 3 unspecified atom stereocenters. The Morgan fingerprint density at radius 2 is 2.18 bits per heavy atom. The van der Waals surface area contributed by atoms with E-state index in [0.29, 0.717) is 19.1 Å². The number of carboxylic acid groups (broad SMARTS) is 1. The third-order valence-corrected chi connectivity index (χ3v) is 3.89. The minimum Gasteiger partial charge on any atom is -0.480 e. The van der Waals surface area contributed by atoms with Crippen molar-refractivity contribution in [3.05, 3.63) is 0 Å². The van der Waals surface area contributed by atoms with Crippen LogP contribution < -0.4 is 0 Å². The zero-order chi connectivity index (χ0) is 12.4. The molecule has 0 bridgehead atoms. The molecular formula is C12H19NO4. The lowest BCUT2D eigenvalue weighted by Gasteiger charge is -2.24. The summed E-state index contributed by atoms with van der Waals surface area (Å²) in [6.07, 6.45) is 3.07. The summed E-state index contributed by atoms with van der Waals surface area (Å²) in [5.41, 5.74) is 0. The van der Waals surface area contributed by atoms with E-state index in [-0.39, 0.29) is 18.4 Å². The van der Waals surface area contributed by atoms with Gasteiger partial charge in [-0.25, -0.2) is 4.79 Å². The second kappa shape index (κ2) is 5.04. The van der Waals surface area contributed by atoms with Crippen molar-refractivity contribution in [3.63, 3.8) is 0 Å². The highest BCUT2D eigenvalue weighted by Gasteiger charge is 2.49. The molecule has 0 spiro atoms. The molecule has 1 aliphatic heterocycles. The third-order valence-electron chi connectivity index (χ3n) is 3.89. The van der Waals surface area contributed by atoms with Crippen molar-refractivity contribution < 1.29 is 19.4 Å². The van der Waals surface area contributed by atoms with Crippen molar-refractivity contribution in [1.82, 2.24) is 4.90 Å². The van der Waals surface area contributed by atoms with E-state index in [0.717, 1.165) is 19.3 Å². The molecule has 1 amide bonds. The van der Waals surface area contributed by atoms with Crippen molar-refractivity contribution in [3.8, 4) is 0 Å². The van der Waals surface area contributed by atoms with E-state index in [1.807, 2.05) is 6.92 Å². The van der Waals surface area contributed by atoms with Crippen molar-refractivity contribution in [2.45, 2.75) is 32.2 Å². The van der Waals surface area contributed by atoms with E-state index < -0.39 is 12.0 Å². The van der Waals surface area contributed by atoms with Crippen LogP contribution in [0.15, 0.2) is 0 Å². The van der Waals surface area contributed by atoms with Crippen LogP contribution in [0.4, 0.5) is 0 Å². The van der Waals surface area contributed by atoms with Gasteiger partial charge in [0.05, 0.1) is 0 Å². The number of hydrogen-bond donors (Lipinski definition) is 1. The van der Waals surface area contributed by atoms with E-state index in [1.165, 1.54) is 4.90 Å². The average molecular weight is 241 g/mol. The van der Waals surface area contributed by atoms with Crippen LogP contribution in [-0.2, 0) is 14.3 Å². The molecule has 17 heavy (non-hydrogen) atoms. The summed E-state index contributed by atoms with van der Waals surface area (Å²) in [7, 11) is 0. The lowest BCUT2D eigenvalue weighted by molar-refractivity contribution is -0.151. The SMILES string of the molecule is CCOCC(=O)N1CC2CCCC2C1C(=O)O. The summed E-state index contributed by atoms with van der Waals surface area (Å²) in [5.74, 6) is -0.530. The topological polar surface area (TPSA) is 66.8 Å². The molecule has 96 valence electrons. The standard InChI is InChI=1S/C12H19NO4/c1-2-17-7-10(14)13-6-8-4-3-5-9(8)11(13)12(15)16/h8-9,11H,2-7H2,1H3,(H,15,16). The highest BCUT2D eigenvalue weighted by molar-refractivity contribution is 5.85. The summed E-state index contributed by atoms with van der Waals surface area (Å²) in [5, 5.41) is 9.27. The fourth-order valence-corrected chi connectivity index (χ4v) is 3.15. The quantitative estimate of drug-likeness (QED) is 0.788. The molecule has 2 aliphatic rings. The molecule has 1 heterocycles. The summed E-state index contributed by atoms with van der Waals surface area (Å²) < 4.78 is 5.07. The largest absolute Gasteiger partial charge is 0.480 e. The minimum atomic E-state index is -0.871. The van der Waals surface area contributed by atoms with Gasteiger partial charge in [-0.05, 0) is 31.6 Å². The Morgan fingerprint density at radius 3 is 2.82 bits per heavy atom. The van der Waals surface area contributed by atoms with Crippen molar-refractivity contribution in [1.29, 1.82) is 0 Å². The number of fused-ring (bicyclic) bond motifs is 1. The van der Waals surface area contributed by atoms with Gasteiger partial charge in [0.1, 0.15) is 12.6 Å². The van der Waals surface area contributed by atoms with Gasteiger partial charge in [0.2, 0.25) is 5.91 Å². The molecule has 5 heteroatoms. The molecule has 1 saturated heterocycles. The van der Waals surface area contributed by atoms with Crippen LogP contribution >= 0.6 is 0 Å². The van der Waals surface area contributed by atoms with Crippen LogP contribution in [0, 0.1) is 11.8 Å². The maximum atomic E-state index is 11.9. The first kappa shape index (κ1) is 12.4. The summed E-state index contributed by atoms with van der Waals surface area (Å²) >= 11 is 0. The van der Waals surface area contributed by atoms with E-state index in [1.54, 1.807) is 0 Å². The zero-order valence-corrected chi connectivity index (χ0v) is 10.1. The molecule has 2 fully saturated rings. The Morgan fingerprint density at radius 1 is 1.41 bits per heavy atom. The van der Waals surface area contributed by atoms with Crippen molar-refractivity contribution >= 4 is 11.9 Å². The van der Waals surface area contributed by atoms with Gasteiger partial charge in [0, 0.05) is 13.2 Å². The van der Waals surface area contributed by atoms with Gasteiger partial charge in [-0.15, -0.1) is 0 Å². The number of hydrogen-bond acceptors (Lipinski definition) is 3. The summed E-state index contributed by atoms with van der Waals surface area (Å²) in [4.78, 5) is 24.7. The minimum absolute atomic E-state index is 0.000278. The molecule has 1 saturated carbocycles. The lowest BCUT2D eigenvalue weighted by atomic mass is 9.94. The van der Waals surface area contributed by atoms with E-state index in [4.69, 9.17) is 4.74 Å². The normalized spacial score (nSPS) is 31.6. The number of likely N-dealkylation sites (tertiary alicyclic amines) is 1. The van der Waals surface area contributed by atoms with E-state index in [2.05, 4.69) is 0 Å². The van der Waals surface area contributed by atoms with Crippen LogP contribution in [0.3, 0.4) is 0 Å². The Kier molecular flexibility index (Phi) is 3.66. The molecule has 5 nitrogen and oxygen atoms in total. The number of carbonyl (C=O) groups is 2. The van der Waals surface area contributed by atoms with Crippen molar-refractivity contribution in [2.24, 2.45) is 11.8 Å². The van der Waals surface area contributed by atoms with Crippen LogP contribution in [-0.4, -0.2) is 47.7 Å². The first-order chi connectivity index (χ1) is 8.15. The molecule has 0 aromatic rings. The molecule has 0 aromatic heterocycles. The number of rotatable bonds is 4. The number of nitrogens with zero attached hydrogens (tertiary/aromatic N) is 1. The fraction of sp³-hybridized carbons (Fsp3) is 0.833. The van der Waals surface area contributed by atoms with Gasteiger partial charge in [-0.3, -0.25) is 4.79 Å². The first-order valence-corrected chi connectivity index (χ1v) is 6.25. The molecule has 0 radical (unpaired) electrons. The lowest BCUT2D eigenvalue weighted by Crippen LogP contribution is -2.44. The van der Waals surface area contributed by atoms with E-state index >= 15 is 0 Å². The maximum absolute atomic E-state index is 11.9. The Balaban J connectivity index is 2.06. The molecular weight excluding hydrogens is 222 g/mol. The molecule has 3 atom stereocenters. The van der Waals surface area contributed by atoms with Crippen LogP contribution in [0.5, 0.6) is 0 Å². The molecule has 0 aromatic carbocycles. The van der Waals surface area contributed by atoms with Gasteiger partial charge in [0.25, 0.3) is 0 Å². The monoisotopic (exact) mass is 241 g/mol. The van der Waals surface area contributed by atoms with Gasteiger partial charge >= 0.3 is 5.97 Å². The predicted octanol–water partition coefficient (Wildman–Crippen LogP) is 0.735. The van der Waals surface area contributed by atoms with Crippen LogP contribution in [0.25, 0.3) is 0 Å². The second-order valence-electron chi connectivity index (χ2n) is 4.82. The van der Waals surface area contributed by atoms with Gasteiger partial charge in [-0.2, -0.15) is 0 Å². The van der Waals surface area contributed by atoms with Gasteiger partial charge in [-0.1, -0.05) is 6.42 Å². The molecule has 2 rings (SSSR count). The predicted molar refractivity (Wildman–Crippen MR) is 60.5 cm³/mol.